The maximum Gasteiger partial charge on any atom is 0.340 e. The van der Waals surface area contributed by atoms with Gasteiger partial charge in [-0.25, -0.2) is 13.6 Å². The van der Waals surface area contributed by atoms with Crippen LogP contribution in [0.1, 0.15) is 43.5 Å². The Balaban J connectivity index is 2.24. The highest BCUT2D eigenvalue weighted by Gasteiger charge is 2.27. The summed E-state index contributed by atoms with van der Waals surface area (Å²) in [6.07, 6.45) is 3.18. The normalized spacial score (nSPS) is 25.5. The first-order valence-corrected chi connectivity index (χ1v) is 7.26. The van der Waals surface area contributed by atoms with Crippen LogP contribution in [0.5, 0.6) is 0 Å². The Morgan fingerprint density at radius 2 is 1.95 bits per heavy atom. The van der Waals surface area contributed by atoms with E-state index < -0.39 is 17.6 Å². The van der Waals surface area contributed by atoms with E-state index in [1.165, 1.54) is 19.6 Å². The summed E-state index contributed by atoms with van der Waals surface area (Å²) >= 11 is 0. The lowest BCUT2D eigenvalue weighted by Gasteiger charge is -2.34. The summed E-state index contributed by atoms with van der Waals surface area (Å²) in [6.45, 7) is 4.29. The first-order valence-electron chi connectivity index (χ1n) is 7.26. The molecule has 3 atom stereocenters. The van der Waals surface area contributed by atoms with Crippen LogP contribution in [-0.4, -0.2) is 19.1 Å². The lowest BCUT2D eigenvalue weighted by molar-refractivity contribution is 0.0595. The fraction of sp³-hybridized carbons (Fsp3) is 0.562. The molecule has 0 saturated heterocycles. The van der Waals surface area contributed by atoms with Crippen molar-refractivity contribution in [2.24, 2.45) is 11.8 Å². The van der Waals surface area contributed by atoms with Crippen molar-refractivity contribution in [3.05, 3.63) is 29.3 Å². The van der Waals surface area contributed by atoms with Crippen LogP contribution in [0.2, 0.25) is 0 Å². The third-order valence-electron chi connectivity index (χ3n) is 4.26. The maximum absolute atomic E-state index is 13.9. The van der Waals surface area contributed by atoms with Gasteiger partial charge < -0.3 is 10.1 Å². The summed E-state index contributed by atoms with van der Waals surface area (Å²) in [5, 5.41) is 3.13. The largest absolute Gasteiger partial charge is 0.465 e. The number of carbonyl (C=O) groups is 1. The number of esters is 1. The van der Waals surface area contributed by atoms with Gasteiger partial charge >= 0.3 is 5.97 Å². The summed E-state index contributed by atoms with van der Waals surface area (Å²) in [5.74, 6) is -1.42. The molecule has 116 valence electrons. The molecule has 1 saturated carbocycles. The molecule has 2 rings (SSSR count). The number of benzene rings is 1. The molecule has 21 heavy (non-hydrogen) atoms. The standard InChI is InChI=1S/C16H21F2NO2/c1-9-4-5-10(2)14(6-9)19-15-7-11(16(20)21-3)12(17)8-13(15)18/h7-10,14,19H,4-6H2,1-3H3. The predicted molar refractivity (Wildman–Crippen MR) is 77.3 cm³/mol. The van der Waals surface area contributed by atoms with Crippen LogP contribution in [0.15, 0.2) is 12.1 Å². The van der Waals surface area contributed by atoms with E-state index in [9.17, 15) is 13.6 Å². The van der Waals surface area contributed by atoms with Crippen molar-refractivity contribution in [3.63, 3.8) is 0 Å². The first-order chi connectivity index (χ1) is 9.92. The van der Waals surface area contributed by atoms with Crippen LogP contribution in [-0.2, 0) is 4.74 Å². The maximum atomic E-state index is 13.9. The van der Waals surface area contributed by atoms with Gasteiger partial charge in [0.25, 0.3) is 0 Å². The number of anilines is 1. The second kappa shape index (κ2) is 6.41. The number of nitrogens with one attached hydrogen (secondary N) is 1. The van der Waals surface area contributed by atoms with E-state index in [4.69, 9.17) is 0 Å². The first kappa shape index (κ1) is 15.7. The van der Waals surface area contributed by atoms with E-state index in [0.717, 1.165) is 18.9 Å². The van der Waals surface area contributed by atoms with E-state index >= 15 is 0 Å². The van der Waals surface area contributed by atoms with Crippen molar-refractivity contribution >= 4 is 11.7 Å². The Bertz CT molecular complexity index is 533. The van der Waals surface area contributed by atoms with Crippen molar-refractivity contribution in [2.45, 2.75) is 39.2 Å². The highest BCUT2D eigenvalue weighted by Crippen LogP contribution is 2.32. The summed E-state index contributed by atoms with van der Waals surface area (Å²) in [4.78, 5) is 11.5. The number of hydrogen-bond acceptors (Lipinski definition) is 3. The average molecular weight is 297 g/mol. The van der Waals surface area contributed by atoms with Gasteiger partial charge in [0.2, 0.25) is 0 Å². The lowest BCUT2D eigenvalue weighted by atomic mass is 9.80. The molecule has 1 aliphatic rings. The smallest absolute Gasteiger partial charge is 0.340 e. The molecular formula is C16H21F2NO2. The minimum absolute atomic E-state index is 0.124. The fourth-order valence-electron chi connectivity index (χ4n) is 2.86. The van der Waals surface area contributed by atoms with Crippen LogP contribution in [0.4, 0.5) is 14.5 Å². The van der Waals surface area contributed by atoms with Crippen molar-refractivity contribution in [1.29, 1.82) is 0 Å². The molecule has 0 heterocycles. The molecule has 1 fully saturated rings. The van der Waals surface area contributed by atoms with Crippen LogP contribution in [0.25, 0.3) is 0 Å². The van der Waals surface area contributed by atoms with Gasteiger partial charge in [0.1, 0.15) is 11.6 Å². The Hall–Kier alpha value is -1.65. The number of carbonyl (C=O) groups excluding carboxylic acids is 1. The lowest BCUT2D eigenvalue weighted by Crippen LogP contribution is -2.33. The highest BCUT2D eigenvalue weighted by atomic mass is 19.1. The topological polar surface area (TPSA) is 38.3 Å². The number of rotatable bonds is 3. The molecular weight excluding hydrogens is 276 g/mol. The predicted octanol–water partition coefficient (Wildman–Crippen LogP) is 3.99. The molecule has 1 aromatic rings. The third kappa shape index (κ3) is 3.52. The molecule has 0 aliphatic heterocycles. The summed E-state index contributed by atoms with van der Waals surface area (Å²) < 4.78 is 32.0. The number of halogens is 2. The Morgan fingerprint density at radius 3 is 2.62 bits per heavy atom. The van der Waals surface area contributed by atoms with Gasteiger partial charge in [-0.1, -0.05) is 20.3 Å². The van der Waals surface area contributed by atoms with Gasteiger partial charge in [-0.05, 0) is 30.7 Å². The molecule has 1 aromatic carbocycles. The van der Waals surface area contributed by atoms with Crippen molar-refractivity contribution in [1.82, 2.24) is 0 Å². The molecule has 0 radical (unpaired) electrons. The second-order valence-corrected chi connectivity index (χ2v) is 5.95. The molecule has 1 N–H and O–H groups in total. The summed E-state index contributed by atoms with van der Waals surface area (Å²) in [6, 6.07) is 2.05. The summed E-state index contributed by atoms with van der Waals surface area (Å²) in [5.41, 5.74) is -0.0966. The second-order valence-electron chi connectivity index (χ2n) is 5.95. The Labute approximate surface area is 123 Å². The highest BCUT2D eigenvalue weighted by molar-refractivity contribution is 5.90. The number of hydrogen-bond donors (Lipinski definition) is 1. The van der Waals surface area contributed by atoms with E-state index in [1.807, 2.05) is 0 Å². The molecule has 0 spiro atoms. The van der Waals surface area contributed by atoms with Gasteiger partial charge in [-0.2, -0.15) is 0 Å². The minimum atomic E-state index is -0.907. The Kier molecular flexibility index (Phi) is 4.80. The number of ether oxygens (including phenoxy) is 1. The van der Waals surface area contributed by atoms with Gasteiger partial charge in [-0.3, -0.25) is 0 Å². The van der Waals surface area contributed by atoms with E-state index in [1.54, 1.807) is 0 Å². The van der Waals surface area contributed by atoms with Gasteiger partial charge in [0.15, 0.2) is 0 Å². The molecule has 0 amide bonds. The molecule has 3 nitrogen and oxygen atoms in total. The van der Waals surface area contributed by atoms with Crippen molar-refractivity contribution in [3.8, 4) is 0 Å². The molecule has 0 bridgehead atoms. The van der Waals surface area contributed by atoms with Gasteiger partial charge in [0.05, 0.1) is 18.4 Å². The van der Waals surface area contributed by atoms with Gasteiger partial charge in [0, 0.05) is 12.1 Å². The molecule has 0 aromatic heterocycles. The van der Waals surface area contributed by atoms with Crippen LogP contribution < -0.4 is 5.32 Å². The minimum Gasteiger partial charge on any atom is -0.465 e. The van der Waals surface area contributed by atoms with Crippen LogP contribution in [0.3, 0.4) is 0 Å². The van der Waals surface area contributed by atoms with Crippen molar-refractivity contribution < 1.29 is 18.3 Å². The Morgan fingerprint density at radius 1 is 1.24 bits per heavy atom. The van der Waals surface area contributed by atoms with E-state index in [2.05, 4.69) is 23.9 Å². The van der Waals surface area contributed by atoms with Crippen LogP contribution in [0, 0.1) is 23.5 Å². The zero-order chi connectivity index (χ0) is 15.6. The van der Waals surface area contributed by atoms with Crippen molar-refractivity contribution in [2.75, 3.05) is 12.4 Å². The fourth-order valence-corrected chi connectivity index (χ4v) is 2.86. The average Bonchev–Trinajstić information content (AvgIpc) is 2.44. The SMILES string of the molecule is COC(=O)c1cc(NC2CC(C)CCC2C)c(F)cc1F. The zero-order valence-electron chi connectivity index (χ0n) is 12.6. The van der Waals surface area contributed by atoms with Crippen LogP contribution >= 0.6 is 0 Å². The third-order valence-corrected chi connectivity index (χ3v) is 4.26. The van der Waals surface area contributed by atoms with E-state index in [0.29, 0.717) is 11.8 Å². The monoisotopic (exact) mass is 297 g/mol. The zero-order valence-corrected chi connectivity index (χ0v) is 12.6. The quantitative estimate of drug-likeness (QED) is 0.857. The summed E-state index contributed by atoms with van der Waals surface area (Å²) in [7, 11) is 1.17. The molecule has 1 aliphatic carbocycles. The molecule has 5 heteroatoms. The number of methoxy groups -OCH3 is 1. The molecule has 3 unspecified atom stereocenters. The van der Waals surface area contributed by atoms with Gasteiger partial charge in [-0.15, -0.1) is 0 Å². The van der Waals surface area contributed by atoms with E-state index in [-0.39, 0.29) is 17.3 Å².